The molecule has 6 nitrogen and oxygen atoms in total. The SMILES string of the molecule is CNc1cc(NCC(COC)OC)nc(C(C)C)n1. The van der Waals surface area contributed by atoms with Crippen molar-refractivity contribution in [2.24, 2.45) is 0 Å². The Hall–Kier alpha value is -1.40. The van der Waals surface area contributed by atoms with E-state index in [-0.39, 0.29) is 12.0 Å². The van der Waals surface area contributed by atoms with Crippen LogP contribution in [0.15, 0.2) is 6.07 Å². The molecule has 0 aromatic carbocycles. The lowest BCUT2D eigenvalue weighted by molar-refractivity contribution is 0.0365. The molecule has 1 atom stereocenters. The maximum absolute atomic E-state index is 5.30. The Morgan fingerprint density at radius 1 is 1.21 bits per heavy atom. The lowest BCUT2D eigenvalue weighted by Gasteiger charge is -2.16. The first-order valence-electron chi connectivity index (χ1n) is 6.43. The van der Waals surface area contributed by atoms with Crippen molar-refractivity contribution in [1.82, 2.24) is 9.97 Å². The first kappa shape index (κ1) is 15.7. The second-order valence-corrected chi connectivity index (χ2v) is 4.60. The highest BCUT2D eigenvalue weighted by Gasteiger charge is 2.10. The topological polar surface area (TPSA) is 68.3 Å². The summed E-state index contributed by atoms with van der Waals surface area (Å²) < 4.78 is 10.4. The number of rotatable bonds is 8. The molecular formula is C13H24N4O2. The van der Waals surface area contributed by atoms with Crippen LogP contribution in [0.5, 0.6) is 0 Å². The highest BCUT2D eigenvalue weighted by molar-refractivity contribution is 5.47. The molecular weight excluding hydrogens is 244 g/mol. The van der Waals surface area contributed by atoms with Crippen molar-refractivity contribution in [2.75, 3.05) is 45.1 Å². The summed E-state index contributed by atoms with van der Waals surface area (Å²) in [6.45, 7) is 5.33. The summed E-state index contributed by atoms with van der Waals surface area (Å²) in [5.41, 5.74) is 0. The van der Waals surface area contributed by atoms with Gasteiger partial charge in [0.2, 0.25) is 0 Å². The number of hydrogen-bond donors (Lipinski definition) is 2. The van der Waals surface area contributed by atoms with Gasteiger partial charge in [-0.25, -0.2) is 9.97 Å². The zero-order valence-corrected chi connectivity index (χ0v) is 12.4. The molecule has 108 valence electrons. The summed E-state index contributed by atoms with van der Waals surface area (Å²) in [4.78, 5) is 8.91. The first-order valence-corrected chi connectivity index (χ1v) is 6.43. The smallest absolute Gasteiger partial charge is 0.135 e. The molecule has 0 fully saturated rings. The Labute approximate surface area is 114 Å². The fraction of sp³-hybridized carbons (Fsp3) is 0.692. The number of aromatic nitrogens is 2. The summed E-state index contributed by atoms with van der Waals surface area (Å²) in [5, 5.41) is 6.30. The molecule has 0 aliphatic heterocycles. The van der Waals surface area contributed by atoms with Gasteiger partial charge in [0.15, 0.2) is 0 Å². The highest BCUT2D eigenvalue weighted by Crippen LogP contribution is 2.16. The van der Waals surface area contributed by atoms with Crippen molar-refractivity contribution < 1.29 is 9.47 Å². The lowest BCUT2D eigenvalue weighted by Crippen LogP contribution is -2.27. The van der Waals surface area contributed by atoms with Gasteiger partial charge < -0.3 is 20.1 Å². The molecule has 1 aromatic rings. The second-order valence-electron chi connectivity index (χ2n) is 4.60. The lowest BCUT2D eigenvalue weighted by atomic mass is 10.2. The van der Waals surface area contributed by atoms with Crippen LogP contribution in [0.4, 0.5) is 11.6 Å². The van der Waals surface area contributed by atoms with E-state index in [9.17, 15) is 0 Å². The van der Waals surface area contributed by atoms with Crippen LogP contribution in [-0.4, -0.2) is 50.5 Å². The molecule has 6 heteroatoms. The molecule has 0 aliphatic carbocycles. The molecule has 0 saturated carbocycles. The van der Waals surface area contributed by atoms with Crippen LogP contribution in [0.1, 0.15) is 25.6 Å². The Morgan fingerprint density at radius 2 is 1.89 bits per heavy atom. The maximum atomic E-state index is 5.30. The van der Waals surface area contributed by atoms with Gasteiger partial charge in [-0.1, -0.05) is 13.8 Å². The maximum Gasteiger partial charge on any atom is 0.135 e. The molecule has 0 spiro atoms. The third kappa shape index (κ3) is 5.00. The molecule has 0 radical (unpaired) electrons. The molecule has 1 heterocycles. The van der Waals surface area contributed by atoms with Crippen LogP contribution in [0, 0.1) is 0 Å². The van der Waals surface area contributed by atoms with Crippen LogP contribution < -0.4 is 10.6 Å². The molecule has 0 saturated heterocycles. The van der Waals surface area contributed by atoms with Crippen molar-refractivity contribution in [3.63, 3.8) is 0 Å². The van der Waals surface area contributed by atoms with Crippen molar-refractivity contribution in [3.05, 3.63) is 11.9 Å². The number of methoxy groups -OCH3 is 2. The average molecular weight is 268 g/mol. The molecule has 0 amide bonds. The minimum absolute atomic E-state index is 0.000464. The van der Waals surface area contributed by atoms with Gasteiger partial charge in [-0.2, -0.15) is 0 Å². The van der Waals surface area contributed by atoms with Crippen LogP contribution in [0.3, 0.4) is 0 Å². The van der Waals surface area contributed by atoms with Crippen molar-refractivity contribution in [1.29, 1.82) is 0 Å². The van der Waals surface area contributed by atoms with E-state index in [2.05, 4.69) is 34.4 Å². The Bertz CT molecular complexity index is 385. The second kappa shape index (κ2) is 7.91. The number of ether oxygens (including phenoxy) is 2. The van der Waals surface area contributed by atoms with E-state index in [1.807, 2.05) is 13.1 Å². The van der Waals surface area contributed by atoms with Gasteiger partial charge in [0.05, 0.1) is 12.7 Å². The molecule has 1 unspecified atom stereocenters. The highest BCUT2D eigenvalue weighted by atomic mass is 16.5. The number of nitrogens with zero attached hydrogens (tertiary/aromatic N) is 2. The van der Waals surface area contributed by atoms with Crippen molar-refractivity contribution >= 4 is 11.6 Å². The summed E-state index contributed by atoms with van der Waals surface area (Å²) in [5.74, 6) is 2.70. The van der Waals surface area contributed by atoms with Gasteiger partial charge in [-0.15, -0.1) is 0 Å². The van der Waals surface area contributed by atoms with Gasteiger partial charge >= 0.3 is 0 Å². The van der Waals surface area contributed by atoms with Gasteiger partial charge in [-0.05, 0) is 0 Å². The third-order valence-corrected chi connectivity index (χ3v) is 2.71. The summed E-state index contributed by atoms with van der Waals surface area (Å²) >= 11 is 0. The number of hydrogen-bond acceptors (Lipinski definition) is 6. The van der Waals surface area contributed by atoms with Gasteiger partial charge in [0, 0.05) is 39.8 Å². The zero-order valence-electron chi connectivity index (χ0n) is 12.4. The third-order valence-electron chi connectivity index (χ3n) is 2.71. The molecule has 1 rings (SSSR count). The van der Waals surface area contributed by atoms with Crippen molar-refractivity contribution in [2.45, 2.75) is 25.9 Å². The quantitative estimate of drug-likeness (QED) is 0.748. The summed E-state index contributed by atoms with van der Waals surface area (Å²) in [6, 6.07) is 1.88. The van der Waals surface area contributed by atoms with E-state index in [0.29, 0.717) is 13.2 Å². The van der Waals surface area contributed by atoms with Gasteiger partial charge in [-0.3, -0.25) is 0 Å². The molecule has 19 heavy (non-hydrogen) atoms. The normalized spacial score (nSPS) is 12.5. The predicted molar refractivity (Wildman–Crippen MR) is 76.8 cm³/mol. The largest absolute Gasteiger partial charge is 0.382 e. The Kier molecular flexibility index (Phi) is 6.52. The molecule has 1 aromatic heterocycles. The van der Waals surface area contributed by atoms with E-state index >= 15 is 0 Å². The monoisotopic (exact) mass is 268 g/mol. The van der Waals surface area contributed by atoms with Crippen LogP contribution in [0.25, 0.3) is 0 Å². The van der Waals surface area contributed by atoms with E-state index in [4.69, 9.17) is 9.47 Å². The first-order chi connectivity index (χ1) is 9.10. The Morgan fingerprint density at radius 3 is 2.42 bits per heavy atom. The van der Waals surface area contributed by atoms with Crippen molar-refractivity contribution in [3.8, 4) is 0 Å². The van der Waals surface area contributed by atoms with Gasteiger partial charge in [0.25, 0.3) is 0 Å². The number of anilines is 2. The average Bonchev–Trinajstić information content (AvgIpc) is 2.42. The molecule has 2 N–H and O–H groups in total. The minimum atomic E-state index is 0.000464. The fourth-order valence-electron chi connectivity index (χ4n) is 1.56. The van der Waals surface area contributed by atoms with Crippen LogP contribution in [0.2, 0.25) is 0 Å². The summed E-state index contributed by atoms with van der Waals surface area (Å²) in [7, 11) is 5.18. The molecule has 0 aliphatic rings. The van der Waals surface area contributed by atoms with E-state index in [1.54, 1.807) is 14.2 Å². The molecule has 0 bridgehead atoms. The predicted octanol–water partition coefficient (Wildman–Crippen LogP) is 1.71. The number of nitrogens with one attached hydrogen (secondary N) is 2. The minimum Gasteiger partial charge on any atom is -0.382 e. The zero-order chi connectivity index (χ0) is 14.3. The standard InChI is InChI=1S/C13H24N4O2/c1-9(2)13-16-11(14-3)6-12(17-13)15-7-10(19-5)8-18-4/h6,9-10H,7-8H2,1-5H3,(H2,14,15,16,17). The fourth-order valence-corrected chi connectivity index (χ4v) is 1.56. The van der Waals surface area contributed by atoms with Gasteiger partial charge in [0.1, 0.15) is 17.5 Å². The van der Waals surface area contributed by atoms with E-state index < -0.39 is 0 Å². The summed E-state index contributed by atoms with van der Waals surface area (Å²) in [6.07, 6.45) is 0.000464. The Balaban J connectivity index is 2.73. The van der Waals surface area contributed by atoms with Crippen LogP contribution >= 0.6 is 0 Å². The van der Waals surface area contributed by atoms with Crippen LogP contribution in [-0.2, 0) is 9.47 Å². The van der Waals surface area contributed by atoms with E-state index in [1.165, 1.54) is 0 Å². The van der Waals surface area contributed by atoms with E-state index in [0.717, 1.165) is 17.5 Å².